The van der Waals surface area contributed by atoms with E-state index in [0.29, 0.717) is 13.1 Å². The lowest BCUT2D eigenvalue weighted by molar-refractivity contribution is -0.0274. The highest BCUT2D eigenvalue weighted by molar-refractivity contribution is 5.02. The van der Waals surface area contributed by atoms with E-state index < -0.39 is 5.92 Å². The van der Waals surface area contributed by atoms with Crippen molar-refractivity contribution < 1.29 is 13.2 Å². The average Bonchev–Trinajstić information content (AvgIpc) is 2.19. The fourth-order valence-electron chi connectivity index (χ4n) is 1.21. The van der Waals surface area contributed by atoms with Gasteiger partial charge in [-0.2, -0.15) is 0 Å². The Balaban J connectivity index is 0.000000151. The fraction of sp³-hybridized carbons (Fsp3) is 0.455. The van der Waals surface area contributed by atoms with Gasteiger partial charge in [-0.1, -0.05) is 18.2 Å². The van der Waals surface area contributed by atoms with Crippen molar-refractivity contribution in [3.05, 3.63) is 36.1 Å². The molecule has 1 heterocycles. The number of rotatable bonds is 0. The van der Waals surface area contributed by atoms with Crippen LogP contribution in [0.5, 0.6) is 0 Å². The molecule has 1 aromatic carbocycles. The lowest BCUT2D eigenvalue weighted by Gasteiger charge is -2.21. The van der Waals surface area contributed by atoms with Crippen molar-refractivity contribution in [2.75, 3.05) is 13.1 Å². The van der Waals surface area contributed by atoms with E-state index in [-0.39, 0.29) is 18.7 Å². The highest BCUT2D eigenvalue weighted by Gasteiger charge is 2.30. The summed E-state index contributed by atoms with van der Waals surface area (Å²) in [6.07, 6.45) is 0.0139. The molecule has 2 rings (SSSR count). The number of halogens is 3. The molecular formula is C11H14F3N. The summed E-state index contributed by atoms with van der Waals surface area (Å²) in [6.45, 7) is 0.931. The molecule has 1 saturated heterocycles. The first kappa shape index (κ1) is 12.0. The van der Waals surface area contributed by atoms with Crippen LogP contribution in [0, 0.1) is 5.82 Å². The van der Waals surface area contributed by atoms with Crippen LogP contribution in [0.1, 0.15) is 12.8 Å². The van der Waals surface area contributed by atoms with E-state index in [9.17, 15) is 13.2 Å². The molecule has 1 aliphatic rings. The number of hydrogen-bond donors (Lipinski definition) is 1. The summed E-state index contributed by atoms with van der Waals surface area (Å²) in [5.41, 5.74) is 0. The van der Waals surface area contributed by atoms with Gasteiger partial charge in [0.2, 0.25) is 0 Å². The molecular weight excluding hydrogens is 203 g/mol. The van der Waals surface area contributed by atoms with Gasteiger partial charge in [0.05, 0.1) is 0 Å². The van der Waals surface area contributed by atoms with Gasteiger partial charge < -0.3 is 5.32 Å². The molecule has 0 bridgehead atoms. The zero-order chi connectivity index (χ0) is 11.1. The molecule has 1 nitrogen and oxygen atoms in total. The standard InChI is InChI=1S/C6H5F.C5H9F2N/c7-6-4-2-1-3-5-6;6-5(7)1-3-8-4-2-5/h1-5H;8H,1-4H2. The maximum Gasteiger partial charge on any atom is 0.250 e. The summed E-state index contributed by atoms with van der Waals surface area (Å²) in [7, 11) is 0. The van der Waals surface area contributed by atoms with Gasteiger partial charge in [0.1, 0.15) is 5.82 Å². The molecule has 0 aliphatic carbocycles. The summed E-state index contributed by atoms with van der Waals surface area (Å²) in [4.78, 5) is 0. The summed E-state index contributed by atoms with van der Waals surface area (Å²) in [6, 6.07) is 7.94. The molecule has 1 aromatic rings. The predicted molar refractivity (Wildman–Crippen MR) is 53.5 cm³/mol. The van der Waals surface area contributed by atoms with Crippen molar-refractivity contribution >= 4 is 0 Å². The minimum atomic E-state index is -2.38. The molecule has 1 N–H and O–H groups in total. The molecule has 0 spiro atoms. The van der Waals surface area contributed by atoms with E-state index >= 15 is 0 Å². The fourth-order valence-corrected chi connectivity index (χ4v) is 1.21. The lowest BCUT2D eigenvalue weighted by Crippen LogP contribution is -2.35. The second-order valence-electron chi connectivity index (χ2n) is 3.40. The van der Waals surface area contributed by atoms with Crippen molar-refractivity contribution in [3.63, 3.8) is 0 Å². The summed E-state index contributed by atoms with van der Waals surface area (Å²) >= 11 is 0. The van der Waals surface area contributed by atoms with Crippen LogP contribution in [0.3, 0.4) is 0 Å². The van der Waals surface area contributed by atoms with Crippen LogP contribution in [-0.2, 0) is 0 Å². The monoisotopic (exact) mass is 217 g/mol. The van der Waals surface area contributed by atoms with Crippen molar-refractivity contribution in [1.82, 2.24) is 5.32 Å². The van der Waals surface area contributed by atoms with E-state index in [1.54, 1.807) is 18.2 Å². The van der Waals surface area contributed by atoms with Crippen LogP contribution < -0.4 is 5.32 Å². The molecule has 84 valence electrons. The maximum absolute atomic E-state index is 12.2. The van der Waals surface area contributed by atoms with Crippen molar-refractivity contribution in [3.8, 4) is 0 Å². The molecule has 0 atom stereocenters. The number of piperidine rings is 1. The summed E-state index contributed by atoms with van der Waals surface area (Å²) < 4.78 is 36.2. The molecule has 1 fully saturated rings. The van der Waals surface area contributed by atoms with E-state index in [1.165, 1.54) is 12.1 Å². The number of benzene rings is 1. The Bertz CT molecular complexity index is 266. The normalized spacial score (nSPS) is 18.9. The quantitative estimate of drug-likeness (QED) is 0.704. The highest BCUT2D eigenvalue weighted by Crippen LogP contribution is 2.23. The van der Waals surface area contributed by atoms with Crippen LogP contribution in [0.15, 0.2) is 30.3 Å². The third kappa shape index (κ3) is 5.42. The summed E-state index contributed by atoms with van der Waals surface area (Å²) in [5, 5.41) is 2.86. The van der Waals surface area contributed by atoms with E-state index in [0.717, 1.165) is 0 Å². The van der Waals surface area contributed by atoms with E-state index in [2.05, 4.69) is 5.32 Å². The highest BCUT2D eigenvalue weighted by atomic mass is 19.3. The van der Waals surface area contributed by atoms with Gasteiger partial charge in [0.25, 0.3) is 5.92 Å². The third-order valence-corrected chi connectivity index (χ3v) is 2.07. The van der Waals surface area contributed by atoms with Crippen molar-refractivity contribution in [1.29, 1.82) is 0 Å². The Labute approximate surface area is 87.3 Å². The summed E-state index contributed by atoms with van der Waals surface area (Å²) in [5.74, 6) is -2.56. The molecule has 4 heteroatoms. The van der Waals surface area contributed by atoms with Crippen LogP contribution >= 0.6 is 0 Å². The van der Waals surface area contributed by atoms with Gasteiger partial charge in [-0.05, 0) is 12.1 Å². The first-order valence-electron chi connectivity index (χ1n) is 4.89. The smallest absolute Gasteiger partial charge is 0.250 e. The maximum atomic E-state index is 12.2. The van der Waals surface area contributed by atoms with Gasteiger partial charge in [0.15, 0.2) is 0 Å². The van der Waals surface area contributed by atoms with Gasteiger partial charge in [-0.25, -0.2) is 13.2 Å². The molecule has 15 heavy (non-hydrogen) atoms. The second-order valence-corrected chi connectivity index (χ2v) is 3.40. The Hall–Kier alpha value is -1.03. The first-order chi connectivity index (χ1) is 7.10. The SMILES string of the molecule is FC1(F)CCNCC1.Fc1ccccc1. The zero-order valence-electron chi connectivity index (χ0n) is 8.35. The molecule has 0 saturated carbocycles. The van der Waals surface area contributed by atoms with Crippen LogP contribution in [0.4, 0.5) is 13.2 Å². The molecule has 0 unspecified atom stereocenters. The van der Waals surface area contributed by atoms with Gasteiger partial charge in [-0.3, -0.25) is 0 Å². The van der Waals surface area contributed by atoms with E-state index in [4.69, 9.17) is 0 Å². The Kier molecular flexibility index (Phi) is 4.62. The van der Waals surface area contributed by atoms with Gasteiger partial charge in [0, 0.05) is 25.9 Å². The van der Waals surface area contributed by atoms with Gasteiger partial charge in [-0.15, -0.1) is 0 Å². The second kappa shape index (κ2) is 5.75. The molecule has 0 amide bonds. The van der Waals surface area contributed by atoms with Crippen LogP contribution in [0.2, 0.25) is 0 Å². The first-order valence-corrected chi connectivity index (χ1v) is 4.89. The Morgan fingerprint density at radius 3 is 1.80 bits per heavy atom. The Morgan fingerprint density at radius 1 is 1.00 bits per heavy atom. The zero-order valence-corrected chi connectivity index (χ0v) is 8.35. The predicted octanol–water partition coefficient (Wildman–Crippen LogP) is 2.83. The van der Waals surface area contributed by atoms with E-state index in [1.807, 2.05) is 0 Å². The van der Waals surface area contributed by atoms with Crippen molar-refractivity contribution in [2.24, 2.45) is 0 Å². The topological polar surface area (TPSA) is 12.0 Å². The minimum Gasteiger partial charge on any atom is -0.316 e. The average molecular weight is 217 g/mol. The number of alkyl halides is 2. The Morgan fingerprint density at radius 2 is 1.53 bits per heavy atom. The molecule has 0 radical (unpaired) electrons. The van der Waals surface area contributed by atoms with Crippen molar-refractivity contribution in [2.45, 2.75) is 18.8 Å². The minimum absolute atomic E-state index is 0.00694. The largest absolute Gasteiger partial charge is 0.316 e. The third-order valence-electron chi connectivity index (χ3n) is 2.07. The number of hydrogen-bond acceptors (Lipinski definition) is 1. The van der Waals surface area contributed by atoms with Gasteiger partial charge >= 0.3 is 0 Å². The lowest BCUT2D eigenvalue weighted by atomic mass is 10.1. The van der Waals surface area contributed by atoms with Crippen LogP contribution in [0.25, 0.3) is 0 Å². The van der Waals surface area contributed by atoms with Crippen LogP contribution in [-0.4, -0.2) is 19.0 Å². The number of nitrogens with one attached hydrogen (secondary N) is 1. The molecule has 0 aromatic heterocycles. The molecule has 1 aliphatic heterocycles.